The van der Waals surface area contributed by atoms with E-state index in [2.05, 4.69) is 13.2 Å². The molecule has 15 heavy (non-hydrogen) atoms. The van der Waals surface area contributed by atoms with Crippen LogP contribution in [0.2, 0.25) is 0 Å². The predicted octanol–water partition coefficient (Wildman–Crippen LogP) is -1.59. The fourth-order valence-corrected chi connectivity index (χ4v) is 0.135. The number of aliphatic hydroxyl groups is 2. The van der Waals surface area contributed by atoms with Gasteiger partial charge in [0.25, 0.3) is 0 Å². The summed E-state index contributed by atoms with van der Waals surface area (Å²) in [5, 5.41) is 31.9. The largest absolute Gasteiger partial charge is 0.478 e. The van der Waals surface area contributed by atoms with Crippen LogP contribution in [-0.4, -0.2) is 51.1 Å². The number of rotatable bonds is 4. The molecule has 0 aliphatic rings. The summed E-state index contributed by atoms with van der Waals surface area (Å²) in [4.78, 5) is 19.3. The van der Waals surface area contributed by atoms with Gasteiger partial charge < -0.3 is 25.9 Å². The number of carboxylic acid groups (broad SMARTS) is 2. The van der Waals surface area contributed by atoms with Crippen LogP contribution in [0.4, 0.5) is 0 Å². The molecule has 0 heterocycles. The van der Waals surface area contributed by atoms with Gasteiger partial charge in [-0.2, -0.15) is 0 Å². The predicted molar refractivity (Wildman–Crippen MR) is 51.3 cm³/mol. The Hall–Kier alpha value is -1.70. The van der Waals surface area contributed by atoms with Crippen LogP contribution in [0.15, 0.2) is 24.3 Å². The van der Waals surface area contributed by atoms with Crippen molar-refractivity contribution in [2.75, 3.05) is 13.2 Å². The molecule has 0 unspecified atom stereocenters. The molecule has 0 aliphatic heterocycles. The molecule has 0 aromatic rings. The summed E-state index contributed by atoms with van der Waals surface area (Å²) in [6.07, 6.45) is 0. The Bertz CT molecular complexity index is 217. The first-order valence-electron chi connectivity index (χ1n) is 3.40. The number of carbonyl (C=O) groups is 2. The third-order valence-corrected chi connectivity index (χ3v) is 0.987. The van der Waals surface area contributed by atoms with Gasteiger partial charge >= 0.3 is 11.9 Å². The first-order valence-corrected chi connectivity index (χ1v) is 3.40. The highest BCUT2D eigenvalue weighted by atomic mass is 16.4. The smallest absolute Gasteiger partial charge is 0.333 e. The average Bonchev–Trinajstić information content (AvgIpc) is 2.15. The zero-order valence-corrected chi connectivity index (χ0v) is 7.93. The molecule has 0 aliphatic carbocycles. The van der Waals surface area contributed by atoms with Crippen LogP contribution in [0, 0.1) is 0 Å². The Morgan fingerprint density at radius 3 is 1.07 bits per heavy atom. The van der Waals surface area contributed by atoms with Crippen LogP contribution < -0.4 is 0 Å². The maximum Gasteiger partial charge on any atom is 0.333 e. The Morgan fingerprint density at radius 1 is 0.867 bits per heavy atom. The van der Waals surface area contributed by atoms with E-state index in [0.29, 0.717) is 0 Å². The number of carboxylic acids is 2. The second-order valence-corrected chi connectivity index (χ2v) is 2.13. The van der Waals surface area contributed by atoms with Crippen LogP contribution in [-0.2, 0) is 9.59 Å². The van der Waals surface area contributed by atoms with Crippen LogP contribution >= 0.6 is 0 Å². The molecule has 0 aromatic carbocycles. The maximum atomic E-state index is 9.67. The fourth-order valence-electron chi connectivity index (χ4n) is 0.135. The molecule has 0 saturated carbocycles. The molecule has 0 bridgehead atoms. The van der Waals surface area contributed by atoms with Crippen molar-refractivity contribution < 1.29 is 35.5 Å². The summed E-state index contributed by atoms with van der Waals surface area (Å²) in [7, 11) is 0. The summed E-state index contributed by atoms with van der Waals surface area (Å²) in [5.41, 5.74) is -0.361. The maximum absolute atomic E-state index is 9.67. The molecule has 0 spiro atoms. The van der Waals surface area contributed by atoms with E-state index in [4.69, 9.17) is 20.4 Å². The van der Waals surface area contributed by atoms with Crippen molar-refractivity contribution >= 4 is 11.9 Å². The van der Waals surface area contributed by atoms with Crippen molar-refractivity contribution in [1.29, 1.82) is 0 Å². The highest BCUT2D eigenvalue weighted by Gasteiger charge is 1.98. The molecule has 0 atom stereocenters. The zero-order valence-electron chi connectivity index (χ0n) is 7.93. The van der Waals surface area contributed by atoms with Crippen molar-refractivity contribution in [2.24, 2.45) is 0 Å². The molecule has 88 valence electrons. The van der Waals surface area contributed by atoms with Crippen molar-refractivity contribution in [1.82, 2.24) is 0 Å². The Labute approximate surface area is 85.9 Å². The summed E-state index contributed by atoms with van der Waals surface area (Å²) < 4.78 is 0. The van der Waals surface area contributed by atoms with E-state index in [1.807, 2.05) is 0 Å². The lowest BCUT2D eigenvalue weighted by Gasteiger charge is -1.87. The number of hydrogen-bond acceptors (Lipinski definition) is 4. The van der Waals surface area contributed by atoms with E-state index < -0.39 is 25.2 Å². The number of hydrogen-bond donors (Lipinski definition) is 4. The Morgan fingerprint density at radius 2 is 1.07 bits per heavy atom. The van der Waals surface area contributed by atoms with Gasteiger partial charge in [0.05, 0.1) is 24.4 Å². The van der Waals surface area contributed by atoms with E-state index in [-0.39, 0.29) is 16.6 Å². The van der Waals surface area contributed by atoms with Crippen LogP contribution in [0.3, 0.4) is 0 Å². The topological polar surface area (TPSA) is 147 Å². The molecule has 0 fully saturated rings. The molecule has 0 saturated heterocycles. The first-order chi connectivity index (χ1) is 6.36. The minimum Gasteiger partial charge on any atom is -0.478 e. The third-order valence-electron chi connectivity index (χ3n) is 0.987. The van der Waals surface area contributed by atoms with Crippen molar-refractivity contribution in [3.8, 4) is 0 Å². The summed E-state index contributed by atoms with van der Waals surface area (Å²) >= 11 is 0. The van der Waals surface area contributed by atoms with Gasteiger partial charge in [-0.1, -0.05) is 13.2 Å². The fraction of sp³-hybridized carbons (Fsp3) is 0.250. The van der Waals surface area contributed by atoms with Gasteiger partial charge in [0.1, 0.15) is 0 Å². The minimum atomic E-state index is -1.15. The lowest BCUT2D eigenvalue weighted by Crippen LogP contribution is -2.01. The number of aliphatic hydroxyl groups excluding tert-OH is 2. The molecule has 7 nitrogen and oxygen atoms in total. The SMILES string of the molecule is C=C(CO)C(=O)O.C=C(CO)C(=O)O.O. The van der Waals surface area contributed by atoms with Gasteiger partial charge in [-0.25, -0.2) is 9.59 Å². The van der Waals surface area contributed by atoms with Gasteiger partial charge in [-0.3, -0.25) is 0 Å². The third kappa shape index (κ3) is 12.3. The number of aliphatic carboxylic acids is 2. The van der Waals surface area contributed by atoms with Crippen LogP contribution in [0.1, 0.15) is 0 Å². The molecule has 7 heteroatoms. The molecule has 0 rings (SSSR count). The second kappa shape index (κ2) is 10.4. The molecular formula is C8H14O7. The second-order valence-electron chi connectivity index (χ2n) is 2.13. The zero-order chi connectivity index (χ0) is 11.7. The highest BCUT2D eigenvalue weighted by molar-refractivity contribution is 5.86. The summed E-state index contributed by atoms with van der Waals surface area (Å²) in [6, 6.07) is 0. The quantitative estimate of drug-likeness (QED) is 0.422. The standard InChI is InChI=1S/2C4H6O3.H2O/c2*1-3(2-5)4(6)7;/h2*5H,1-2H2,(H,6,7);1H2. The van der Waals surface area contributed by atoms with Gasteiger partial charge in [-0.05, 0) is 0 Å². The average molecular weight is 222 g/mol. The van der Waals surface area contributed by atoms with E-state index in [9.17, 15) is 9.59 Å². The molecular weight excluding hydrogens is 208 g/mol. The molecule has 0 radical (unpaired) electrons. The van der Waals surface area contributed by atoms with E-state index in [1.165, 1.54) is 0 Å². The van der Waals surface area contributed by atoms with Gasteiger partial charge in [0, 0.05) is 0 Å². The Kier molecular flexibility index (Phi) is 13.1. The minimum absolute atomic E-state index is 0. The van der Waals surface area contributed by atoms with Crippen molar-refractivity contribution in [2.45, 2.75) is 0 Å². The van der Waals surface area contributed by atoms with E-state index in [0.717, 1.165) is 0 Å². The summed E-state index contributed by atoms with van der Waals surface area (Å²) in [6.45, 7) is 5.09. The van der Waals surface area contributed by atoms with Crippen molar-refractivity contribution in [3.05, 3.63) is 24.3 Å². The van der Waals surface area contributed by atoms with E-state index >= 15 is 0 Å². The molecule has 0 amide bonds. The van der Waals surface area contributed by atoms with Gasteiger partial charge in [0.2, 0.25) is 0 Å². The van der Waals surface area contributed by atoms with Crippen LogP contribution in [0.5, 0.6) is 0 Å². The van der Waals surface area contributed by atoms with E-state index in [1.54, 1.807) is 0 Å². The Balaban J connectivity index is -0.000000180. The normalized spacial score (nSPS) is 7.60. The lowest BCUT2D eigenvalue weighted by atomic mass is 10.3. The highest BCUT2D eigenvalue weighted by Crippen LogP contribution is 1.83. The van der Waals surface area contributed by atoms with Gasteiger partial charge in [0.15, 0.2) is 0 Å². The lowest BCUT2D eigenvalue weighted by molar-refractivity contribution is -0.134. The molecule has 0 aromatic heterocycles. The van der Waals surface area contributed by atoms with Crippen LogP contribution in [0.25, 0.3) is 0 Å². The summed E-state index contributed by atoms with van der Waals surface area (Å²) in [5.74, 6) is -2.30. The molecule has 6 N–H and O–H groups in total. The van der Waals surface area contributed by atoms with Crippen molar-refractivity contribution in [3.63, 3.8) is 0 Å². The monoisotopic (exact) mass is 222 g/mol. The van der Waals surface area contributed by atoms with Gasteiger partial charge in [-0.15, -0.1) is 0 Å². The first kappa shape index (κ1) is 19.0.